The molecule has 26 heavy (non-hydrogen) atoms. The molecule has 2 aromatic rings. The van der Waals surface area contributed by atoms with E-state index in [1.165, 1.54) is 4.88 Å². The lowest BCUT2D eigenvalue weighted by molar-refractivity contribution is 0.145. The van der Waals surface area contributed by atoms with Gasteiger partial charge < -0.3 is 19.8 Å². The van der Waals surface area contributed by atoms with Gasteiger partial charge in [-0.15, -0.1) is 11.3 Å². The first-order chi connectivity index (χ1) is 12.7. The number of hydrogen-bond acceptors (Lipinski definition) is 5. The van der Waals surface area contributed by atoms with Gasteiger partial charge in [0, 0.05) is 49.7 Å². The summed E-state index contributed by atoms with van der Waals surface area (Å²) in [7, 11) is 0. The van der Waals surface area contributed by atoms with Crippen LogP contribution in [0.4, 0.5) is 0 Å². The number of aliphatic imine (C=N–C) groups is 1. The van der Waals surface area contributed by atoms with Crippen molar-refractivity contribution in [2.45, 2.75) is 39.5 Å². The summed E-state index contributed by atoms with van der Waals surface area (Å²) in [5.74, 6) is 2.11. The molecule has 2 rings (SSSR count). The molecule has 0 spiro atoms. The molecule has 0 aliphatic carbocycles. The Morgan fingerprint density at radius 2 is 2.23 bits per heavy atom. The summed E-state index contributed by atoms with van der Waals surface area (Å²) in [6.45, 7) is 10.1. The summed E-state index contributed by atoms with van der Waals surface area (Å²) in [5, 5.41) is 7.90. The van der Waals surface area contributed by atoms with Crippen molar-refractivity contribution in [1.29, 1.82) is 0 Å². The smallest absolute Gasteiger partial charge is 0.191 e. The van der Waals surface area contributed by atoms with E-state index >= 15 is 0 Å². The second-order valence-electron chi connectivity index (χ2n) is 6.13. The minimum Gasteiger partial charge on any atom is -0.469 e. The molecule has 0 aromatic carbocycles. The molecule has 0 aliphatic heterocycles. The highest BCUT2D eigenvalue weighted by Crippen LogP contribution is 2.21. The summed E-state index contributed by atoms with van der Waals surface area (Å²) >= 11 is 1.74. The topological polar surface area (TPSA) is 71.7 Å². The van der Waals surface area contributed by atoms with Gasteiger partial charge in [0.2, 0.25) is 0 Å². The molecule has 2 heterocycles. The summed E-state index contributed by atoms with van der Waals surface area (Å²) in [6.07, 6.45) is 5.41. The minimum atomic E-state index is 0.306. The fraction of sp³-hybridized carbons (Fsp3) is 0.579. The van der Waals surface area contributed by atoms with Gasteiger partial charge in [-0.25, -0.2) is 4.98 Å². The maximum atomic E-state index is 5.38. The van der Waals surface area contributed by atoms with Crippen LogP contribution in [-0.4, -0.2) is 43.8 Å². The third kappa shape index (κ3) is 7.58. The molecule has 0 fully saturated rings. The Bertz CT molecular complexity index is 640. The quantitative estimate of drug-likeness (QED) is 0.356. The molecule has 0 aliphatic rings. The van der Waals surface area contributed by atoms with Crippen molar-refractivity contribution >= 4 is 17.3 Å². The molecule has 1 unspecified atom stereocenters. The summed E-state index contributed by atoms with van der Waals surface area (Å²) in [4.78, 5) is 10.4. The van der Waals surface area contributed by atoms with Gasteiger partial charge in [0.15, 0.2) is 5.96 Å². The van der Waals surface area contributed by atoms with E-state index in [-0.39, 0.29) is 0 Å². The van der Waals surface area contributed by atoms with E-state index < -0.39 is 0 Å². The number of nitrogens with one attached hydrogen (secondary N) is 2. The standard InChI is InChI=1S/C19H30N4O2S/c1-4-24-11-6-9-20-19(21-10-8-17-7-5-12-25-17)23-13-15(2)18-22-14-16(3)26-18/h5,7,12,14-15H,4,6,8-11,13H2,1-3H3,(H2,20,21,23). The number of ether oxygens (including phenoxy) is 1. The Morgan fingerprint density at radius 1 is 1.38 bits per heavy atom. The predicted molar refractivity (Wildman–Crippen MR) is 107 cm³/mol. The summed E-state index contributed by atoms with van der Waals surface area (Å²) < 4.78 is 10.8. The second-order valence-corrected chi connectivity index (χ2v) is 7.40. The van der Waals surface area contributed by atoms with E-state index in [0.29, 0.717) is 12.5 Å². The van der Waals surface area contributed by atoms with Crippen molar-refractivity contribution in [2.24, 2.45) is 4.99 Å². The van der Waals surface area contributed by atoms with Crippen LogP contribution in [0.15, 0.2) is 34.0 Å². The zero-order chi connectivity index (χ0) is 18.6. The van der Waals surface area contributed by atoms with Crippen LogP contribution >= 0.6 is 11.3 Å². The van der Waals surface area contributed by atoms with Gasteiger partial charge in [0.1, 0.15) is 5.76 Å². The molecule has 0 bridgehead atoms. The SMILES string of the molecule is CCOCCCNC(=NCC(C)c1ncc(C)s1)NCCc1ccco1. The van der Waals surface area contributed by atoms with Crippen LogP contribution in [0, 0.1) is 6.92 Å². The molecular weight excluding hydrogens is 348 g/mol. The number of hydrogen-bond donors (Lipinski definition) is 2. The zero-order valence-electron chi connectivity index (χ0n) is 16.0. The number of rotatable bonds is 11. The van der Waals surface area contributed by atoms with Crippen LogP contribution in [0.25, 0.3) is 0 Å². The fourth-order valence-corrected chi connectivity index (χ4v) is 3.18. The lowest BCUT2D eigenvalue weighted by atomic mass is 10.2. The monoisotopic (exact) mass is 378 g/mol. The van der Waals surface area contributed by atoms with Crippen LogP contribution in [0.1, 0.15) is 41.8 Å². The Balaban J connectivity index is 1.83. The second kappa shape index (κ2) is 11.7. The van der Waals surface area contributed by atoms with Crippen LogP contribution < -0.4 is 10.6 Å². The van der Waals surface area contributed by atoms with Crippen molar-refractivity contribution < 1.29 is 9.15 Å². The van der Waals surface area contributed by atoms with Crippen molar-refractivity contribution in [3.8, 4) is 0 Å². The Morgan fingerprint density at radius 3 is 2.92 bits per heavy atom. The molecule has 7 heteroatoms. The van der Waals surface area contributed by atoms with Crippen molar-refractivity contribution in [1.82, 2.24) is 15.6 Å². The lowest BCUT2D eigenvalue weighted by Crippen LogP contribution is -2.39. The molecule has 144 valence electrons. The van der Waals surface area contributed by atoms with Gasteiger partial charge >= 0.3 is 0 Å². The normalized spacial score (nSPS) is 13.0. The number of aromatic nitrogens is 1. The molecule has 0 saturated heterocycles. The predicted octanol–water partition coefficient (Wildman–Crippen LogP) is 3.35. The van der Waals surface area contributed by atoms with Gasteiger partial charge in [-0.05, 0) is 32.4 Å². The number of furan rings is 1. The molecule has 0 radical (unpaired) electrons. The van der Waals surface area contributed by atoms with E-state index in [4.69, 9.17) is 14.1 Å². The van der Waals surface area contributed by atoms with Gasteiger partial charge in [-0.3, -0.25) is 4.99 Å². The van der Waals surface area contributed by atoms with E-state index in [2.05, 4.69) is 29.5 Å². The van der Waals surface area contributed by atoms with Crippen molar-refractivity contribution in [3.63, 3.8) is 0 Å². The van der Waals surface area contributed by atoms with Gasteiger partial charge in [-0.2, -0.15) is 0 Å². The van der Waals surface area contributed by atoms with Crippen molar-refractivity contribution in [3.05, 3.63) is 40.2 Å². The van der Waals surface area contributed by atoms with E-state index in [1.807, 2.05) is 25.3 Å². The summed E-state index contributed by atoms with van der Waals surface area (Å²) in [5.41, 5.74) is 0. The van der Waals surface area contributed by atoms with Crippen LogP contribution in [0.5, 0.6) is 0 Å². The van der Waals surface area contributed by atoms with E-state index in [0.717, 1.165) is 55.9 Å². The maximum Gasteiger partial charge on any atom is 0.191 e. The first-order valence-electron chi connectivity index (χ1n) is 9.23. The molecule has 1 atom stereocenters. The van der Waals surface area contributed by atoms with Gasteiger partial charge in [0.05, 0.1) is 17.8 Å². The van der Waals surface area contributed by atoms with E-state index in [1.54, 1.807) is 17.6 Å². The van der Waals surface area contributed by atoms with Crippen LogP contribution in [0.3, 0.4) is 0 Å². The molecule has 0 saturated carbocycles. The molecule has 2 aromatic heterocycles. The largest absolute Gasteiger partial charge is 0.469 e. The number of nitrogens with zero attached hydrogens (tertiary/aromatic N) is 2. The first kappa shape index (κ1) is 20.5. The highest BCUT2D eigenvalue weighted by molar-refractivity contribution is 7.11. The minimum absolute atomic E-state index is 0.306. The number of thiazole rings is 1. The number of guanidine groups is 1. The third-order valence-electron chi connectivity index (χ3n) is 3.79. The third-order valence-corrected chi connectivity index (χ3v) is 4.93. The highest BCUT2D eigenvalue weighted by atomic mass is 32.1. The maximum absolute atomic E-state index is 5.38. The van der Waals surface area contributed by atoms with Gasteiger partial charge in [0.25, 0.3) is 0 Å². The Hall–Kier alpha value is -1.86. The first-order valence-corrected chi connectivity index (χ1v) is 10.0. The lowest BCUT2D eigenvalue weighted by Gasteiger charge is -2.13. The van der Waals surface area contributed by atoms with E-state index in [9.17, 15) is 0 Å². The van der Waals surface area contributed by atoms with Gasteiger partial charge in [-0.1, -0.05) is 6.92 Å². The van der Waals surface area contributed by atoms with Crippen LogP contribution in [0.2, 0.25) is 0 Å². The molecule has 0 amide bonds. The highest BCUT2D eigenvalue weighted by Gasteiger charge is 2.09. The van der Waals surface area contributed by atoms with Crippen LogP contribution in [-0.2, 0) is 11.2 Å². The fourth-order valence-electron chi connectivity index (χ4n) is 2.36. The summed E-state index contributed by atoms with van der Waals surface area (Å²) in [6, 6.07) is 3.90. The molecular formula is C19H30N4O2S. The Labute approximate surface area is 160 Å². The molecule has 6 nitrogen and oxygen atoms in total. The molecule has 2 N–H and O–H groups in total. The number of aryl methyl sites for hydroxylation is 1. The zero-order valence-corrected chi connectivity index (χ0v) is 16.8. The van der Waals surface area contributed by atoms with Crippen molar-refractivity contribution in [2.75, 3.05) is 32.8 Å². The Kier molecular flexibility index (Phi) is 9.20. The average molecular weight is 379 g/mol. The average Bonchev–Trinajstić information content (AvgIpc) is 3.30.